The molecule has 0 saturated carbocycles. The summed E-state index contributed by atoms with van der Waals surface area (Å²) in [4.78, 5) is 0. The first-order chi connectivity index (χ1) is 9.38. The fourth-order valence-electron chi connectivity index (χ4n) is 2.34. The molecule has 0 aliphatic heterocycles. The minimum absolute atomic E-state index is 0.0637. The highest BCUT2D eigenvalue weighted by Gasteiger charge is 2.38. The molecule has 0 saturated heterocycles. The maximum absolute atomic E-state index is 12.8. The Labute approximate surface area is 111 Å². The van der Waals surface area contributed by atoms with E-state index in [1.807, 2.05) is 0 Å². The molecular weight excluding hydrogens is 269 g/mol. The quantitative estimate of drug-likeness (QED) is 0.597. The zero-order valence-electron chi connectivity index (χ0n) is 10.1. The standard InChI is InChI=1S/C15H9F3O2/c16-15(17,18)13-12(19)7-10-5-8-3-1-2-4-9(8)6-11(10)14(13)20/h1-7,19-20H. The number of halogens is 3. The molecule has 5 heteroatoms. The third-order valence-corrected chi connectivity index (χ3v) is 3.24. The highest BCUT2D eigenvalue weighted by molar-refractivity contribution is 6.02. The van der Waals surface area contributed by atoms with E-state index < -0.39 is 23.2 Å². The first kappa shape index (κ1) is 12.6. The average Bonchev–Trinajstić information content (AvgIpc) is 2.35. The second-order valence-corrected chi connectivity index (χ2v) is 4.54. The third kappa shape index (κ3) is 1.82. The van der Waals surface area contributed by atoms with E-state index in [4.69, 9.17) is 0 Å². The van der Waals surface area contributed by atoms with E-state index in [0.29, 0.717) is 10.8 Å². The van der Waals surface area contributed by atoms with Gasteiger partial charge in [0, 0.05) is 5.39 Å². The van der Waals surface area contributed by atoms with Gasteiger partial charge in [0.2, 0.25) is 0 Å². The van der Waals surface area contributed by atoms with Crippen molar-refractivity contribution >= 4 is 21.5 Å². The van der Waals surface area contributed by atoms with Crippen molar-refractivity contribution in [2.24, 2.45) is 0 Å². The van der Waals surface area contributed by atoms with Crippen LogP contribution in [0.2, 0.25) is 0 Å². The number of hydrogen-bond donors (Lipinski definition) is 2. The minimum Gasteiger partial charge on any atom is -0.507 e. The van der Waals surface area contributed by atoms with Crippen LogP contribution in [0.3, 0.4) is 0 Å². The van der Waals surface area contributed by atoms with Crippen molar-refractivity contribution in [2.45, 2.75) is 6.18 Å². The van der Waals surface area contributed by atoms with Gasteiger partial charge in [-0.25, -0.2) is 0 Å². The lowest BCUT2D eigenvalue weighted by Crippen LogP contribution is -2.06. The Hall–Kier alpha value is -2.43. The molecule has 2 nitrogen and oxygen atoms in total. The number of alkyl halides is 3. The summed E-state index contributed by atoms with van der Waals surface area (Å²) in [5, 5.41) is 21.3. The van der Waals surface area contributed by atoms with Crippen molar-refractivity contribution in [1.29, 1.82) is 0 Å². The maximum atomic E-state index is 12.8. The first-order valence-electron chi connectivity index (χ1n) is 5.82. The van der Waals surface area contributed by atoms with Crippen molar-refractivity contribution in [2.75, 3.05) is 0 Å². The summed E-state index contributed by atoms with van der Waals surface area (Å²) in [5.74, 6) is -1.92. The molecule has 20 heavy (non-hydrogen) atoms. The molecule has 0 aliphatic rings. The molecular formula is C15H9F3O2. The number of rotatable bonds is 0. The van der Waals surface area contributed by atoms with Gasteiger partial charge >= 0.3 is 6.18 Å². The van der Waals surface area contributed by atoms with E-state index in [0.717, 1.165) is 11.5 Å². The SMILES string of the molecule is Oc1cc2cc3ccccc3cc2c(O)c1C(F)(F)F. The third-order valence-electron chi connectivity index (χ3n) is 3.24. The van der Waals surface area contributed by atoms with Gasteiger partial charge in [0.1, 0.15) is 17.1 Å². The molecule has 0 aliphatic carbocycles. The van der Waals surface area contributed by atoms with Crippen LogP contribution >= 0.6 is 0 Å². The van der Waals surface area contributed by atoms with Crippen LogP contribution < -0.4 is 0 Å². The molecule has 102 valence electrons. The lowest BCUT2D eigenvalue weighted by Gasteiger charge is -2.13. The smallest absolute Gasteiger partial charge is 0.423 e. The van der Waals surface area contributed by atoms with E-state index in [9.17, 15) is 23.4 Å². The van der Waals surface area contributed by atoms with Gasteiger partial charge in [0.25, 0.3) is 0 Å². The number of phenols is 2. The van der Waals surface area contributed by atoms with Crippen LogP contribution in [0.15, 0.2) is 42.5 Å². The summed E-state index contributed by atoms with van der Waals surface area (Å²) in [5.41, 5.74) is -1.40. The predicted octanol–water partition coefficient (Wildman–Crippen LogP) is 4.42. The zero-order valence-corrected chi connectivity index (χ0v) is 10.1. The topological polar surface area (TPSA) is 40.5 Å². The Morgan fingerprint density at radius 2 is 1.40 bits per heavy atom. The molecule has 0 amide bonds. The molecule has 0 radical (unpaired) electrons. The van der Waals surface area contributed by atoms with Crippen LogP contribution in [-0.4, -0.2) is 10.2 Å². The summed E-state index contributed by atoms with van der Waals surface area (Å²) in [6, 6.07) is 11.2. The fourth-order valence-corrected chi connectivity index (χ4v) is 2.34. The number of fused-ring (bicyclic) bond motifs is 2. The van der Waals surface area contributed by atoms with Crippen LogP contribution in [0, 0.1) is 0 Å². The van der Waals surface area contributed by atoms with Gasteiger partial charge in [-0.1, -0.05) is 24.3 Å². The van der Waals surface area contributed by atoms with Crippen LogP contribution in [-0.2, 0) is 6.18 Å². The van der Waals surface area contributed by atoms with Crippen LogP contribution in [0.4, 0.5) is 13.2 Å². The molecule has 3 rings (SSSR count). The van der Waals surface area contributed by atoms with Crippen LogP contribution in [0.5, 0.6) is 11.5 Å². The highest BCUT2D eigenvalue weighted by Crippen LogP contribution is 2.46. The van der Waals surface area contributed by atoms with E-state index in [2.05, 4.69) is 0 Å². The van der Waals surface area contributed by atoms with Gasteiger partial charge in [-0.3, -0.25) is 0 Å². The summed E-state index contributed by atoms with van der Waals surface area (Å²) >= 11 is 0. The van der Waals surface area contributed by atoms with Crippen molar-refractivity contribution in [3.8, 4) is 11.5 Å². The summed E-state index contributed by atoms with van der Waals surface area (Å²) in [7, 11) is 0. The van der Waals surface area contributed by atoms with Gasteiger partial charge in [0.15, 0.2) is 0 Å². The molecule has 0 spiro atoms. The number of hydrogen-bond acceptors (Lipinski definition) is 2. The number of aromatic hydroxyl groups is 2. The van der Waals surface area contributed by atoms with Crippen molar-refractivity contribution in [3.63, 3.8) is 0 Å². The fraction of sp³-hybridized carbons (Fsp3) is 0.0667. The maximum Gasteiger partial charge on any atom is 0.423 e. The summed E-state index contributed by atoms with van der Waals surface area (Å²) in [6.07, 6.45) is -4.81. The van der Waals surface area contributed by atoms with Crippen molar-refractivity contribution < 1.29 is 23.4 Å². The minimum atomic E-state index is -4.81. The van der Waals surface area contributed by atoms with Gasteiger partial charge in [0.05, 0.1) is 0 Å². The molecule has 3 aromatic rings. The second kappa shape index (κ2) is 4.03. The van der Waals surface area contributed by atoms with Gasteiger partial charge < -0.3 is 10.2 Å². The molecule has 0 heterocycles. The highest BCUT2D eigenvalue weighted by atomic mass is 19.4. The lowest BCUT2D eigenvalue weighted by atomic mass is 9.99. The van der Waals surface area contributed by atoms with Crippen LogP contribution in [0.25, 0.3) is 21.5 Å². The number of phenolic OH excluding ortho intramolecular Hbond substituents is 2. The second-order valence-electron chi connectivity index (χ2n) is 4.54. The lowest BCUT2D eigenvalue weighted by molar-refractivity contribution is -0.139. The monoisotopic (exact) mass is 278 g/mol. The summed E-state index contributed by atoms with van der Waals surface area (Å²) in [6.45, 7) is 0. The Kier molecular flexibility index (Phi) is 2.54. The van der Waals surface area contributed by atoms with Gasteiger partial charge in [-0.05, 0) is 34.4 Å². The molecule has 0 bridgehead atoms. The van der Waals surface area contributed by atoms with Gasteiger partial charge in [-0.15, -0.1) is 0 Å². The van der Waals surface area contributed by atoms with Crippen molar-refractivity contribution in [1.82, 2.24) is 0 Å². The van der Waals surface area contributed by atoms with E-state index in [1.54, 1.807) is 30.3 Å². The van der Waals surface area contributed by atoms with E-state index in [-0.39, 0.29) is 5.39 Å². The molecule has 0 aromatic heterocycles. The van der Waals surface area contributed by atoms with Gasteiger partial charge in [-0.2, -0.15) is 13.2 Å². The van der Waals surface area contributed by atoms with Crippen molar-refractivity contribution in [3.05, 3.63) is 48.0 Å². The Morgan fingerprint density at radius 3 is 2.00 bits per heavy atom. The first-order valence-corrected chi connectivity index (χ1v) is 5.82. The Bertz CT molecular complexity index is 823. The molecule has 0 unspecified atom stereocenters. The van der Waals surface area contributed by atoms with Crippen LogP contribution in [0.1, 0.15) is 5.56 Å². The molecule has 3 aromatic carbocycles. The molecule has 0 fully saturated rings. The molecule has 2 N–H and O–H groups in total. The van der Waals surface area contributed by atoms with E-state index in [1.165, 1.54) is 6.07 Å². The number of benzene rings is 3. The summed E-state index contributed by atoms with van der Waals surface area (Å²) < 4.78 is 38.5. The Balaban J connectivity index is 2.45. The molecule has 0 atom stereocenters. The normalized spacial score (nSPS) is 12.2. The Morgan fingerprint density at radius 1 is 0.800 bits per heavy atom. The van der Waals surface area contributed by atoms with E-state index >= 15 is 0 Å². The average molecular weight is 278 g/mol. The largest absolute Gasteiger partial charge is 0.507 e. The predicted molar refractivity (Wildman–Crippen MR) is 69.8 cm³/mol. The zero-order chi connectivity index (χ0) is 14.5.